The molecule has 2 heterocycles. The van der Waals surface area contributed by atoms with E-state index in [1.165, 1.54) is 41.5 Å². The summed E-state index contributed by atoms with van der Waals surface area (Å²) in [6.07, 6.45) is 4.02. The first-order chi connectivity index (χ1) is 14.9. The van der Waals surface area contributed by atoms with Crippen molar-refractivity contribution in [1.29, 1.82) is 0 Å². The summed E-state index contributed by atoms with van der Waals surface area (Å²) in [4.78, 5) is 15.4. The van der Waals surface area contributed by atoms with Crippen molar-refractivity contribution >= 4 is 21.6 Å². The highest BCUT2D eigenvalue weighted by Crippen LogP contribution is 2.23. The molecule has 0 saturated carbocycles. The molecule has 0 fully saturated rings. The maximum atomic E-state index is 12.7. The highest BCUT2D eigenvalue weighted by atomic mass is 32.2. The zero-order valence-corrected chi connectivity index (χ0v) is 16.9. The van der Waals surface area contributed by atoms with Gasteiger partial charge in [-0.15, -0.1) is 0 Å². The normalized spacial score (nSPS) is 11.1. The lowest BCUT2D eigenvalue weighted by Gasteiger charge is -2.08. The number of amides is 1. The fraction of sp³-hybridized carbons (Fsp3) is 0. The molecule has 0 atom stereocenters. The van der Waals surface area contributed by atoms with E-state index in [1.807, 2.05) is 30.3 Å². The van der Waals surface area contributed by atoms with Gasteiger partial charge in [-0.1, -0.05) is 24.3 Å². The van der Waals surface area contributed by atoms with E-state index in [1.54, 1.807) is 18.2 Å². The first kappa shape index (κ1) is 20.1. The van der Waals surface area contributed by atoms with Gasteiger partial charge < -0.3 is 10.5 Å². The summed E-state index contributed by atoms with van der Waals surface area (Å²) in [5.74, 6) is 0.0330. The van der Waals surface area contributed by atoms with Crippen LogP contribution in [0.2, 0.25) is 0 Å². The van der Waals surface area contributed by atoms with E-state index < -0.39 is 15.9 Å². The standard InChI is InChI=1S/C21H17N5O4S/c22-21(27)15-5-4-8-18(11-15)30-20-10-9-16(12-23-20)25-31(28,29)19-13-24-26(14-19)17-6-2-1-3-7-17/h1-14,25H,(H2,22,27). The molecule has 0 aliphatic heterocycles. The third-order valence-corrected chi connectivity index (χ3v) is 5.56. The van der Waals surface area contributed by atoms with Crippen LogP contribution in [0.25, 0.3) is 5.69 Å². The second-order valence-corrected chi connectivity index (χ2v) is 8.12. The number of nitrogens with one attached hydrogen (secondary N) is 1. The molecule has 0 bridgehead atoms. The molecule has 0 spiro atoms. The fourth-order valence-electron chi connectivity index (χ4n) is 2.72. The highest BCUT2D eigenvalue weighted by molar-refractivity contribution is 7.92. The van der Waals surface area contributed by atoms with Crippen molar-refractivity contribution in [3.05, 3.63) is 90.9 Å². The predicted molar refractivity (Wildman–Crippen MR) is 114 cm³/mol. The van der Waals surface area contributed by atoms with Crippen molar-refractivity contribution in [3.8, 4) is 17.3 Å². The van der Waals surface area contributed by atoms with Crippen molar-refractivity contribution in [2.24, 2.45) is 5.73 Å². The number of anilines is 1. The molecule has 4 aromatic rings. The monoisotopic (exact) mass is 435 g/mol. The molecular formula is C21H17N5O4S. The van der Waals surface area contributed by atoms with Gasteiger partial charge in [-0.25, -0.2) is 18.1 Å². The third kappa shape index (κ3) is 4.70. The van der Waals surface area contributed by atoms with Crippen LogP contribution in [0.3, 0.4) is 0 Å². The van der Waals surface area contributed by atoms with Gasteiger partial charge in [0.05, 0.1) is 30.0 Å². The maximum absolute atomic E-state index is 12.7. The Morgan fingerprint density at radius 1 is 1.00 bits per heavy atom. The summed E-state index contributed by atoms with van der Waals surface area (Å²) in [6.45, 7) is 0. The van der Waals surface area contributed by atoms with E-state index in [2.05, 4.69) is 14.8 Å². The lowest BCUT2D eigenvalue weighted by molar-refractivity contribution is 0.1000. The largest absolute Gasteiger partial charge is 0.439 e. The molecule has 0 aliphatic carbocycles. The first-order valence-corrected chi connectivity index (χ1v) is 10.6. The van der Waals surface area contributed by atoms with Crippen molar-refractivity contribution in [1.82, 2.24) is 14.8 Å². The second kappa shape index (κ2) is 8.28. The molecule has 1 amide bonds. The average molecular weight is 435 g/mol. The summed E-state index contributed by atoms with van der Waals surface area (Å²) in [5.41, 5.74) is 6.56. The summed E-state index contributed by atoms with van der Waals surface area (Å²) < 4.78 is 34.8. The molecule has 0 saturated heterocycles. The Hall–Kier alpha value is -4.18. The van der Waals surface area contributed by atoms with Crippen LogP contribution < -0.4 is 15.2 Å². The summed E-state index contributed by atoms with van der Waals surface area (Å²) in [6, 6.07) is 18.5. The Labute approximate surface area is 178 Å². The Balaban J connectivity index is 1.47. The summed E-state index contributed by atoms with van der Waals surface area (Å²) in [7, 11) is -3.85. The van der Waals surface area contributed by atoms with Crippen LogP contribution in [0.4, 0.5) is 5.69 Å². The van der Waals surface area contributed by atoms with Crippen LogP contribution in [0.5, 0.6) is 11.6 Å². The number of ether oxygens (including phenoxy) is 1. The maximum Gasteiger partial charge on any atom is 0.265 e. The minimum atomic E-state index is -3.85. The smallest absolute Gasteiger partial charge is 0.265 e. The van der Waals surface area contributed by atoms with Gasteiger partial charge in [0.25, 0.3) is 10.0 Å². The van der Waals surface area contributed by atoms with Gasteiger partial charge in [0.2, 0.25) is 11.8 Å². The number of pyridine rings is 1. The molecule has 2 aromatic carbocycles. The number of rotatable bonds is 7. The molecule has 31 heavy (non-hydrogen) atoms. The van der Waals surface area contributed by atoms with E-state index in [0.29, 0.717) is 11.3 Å². The lowest BCUT2D eigenvalue weighted by Crippen LogP contribution is -2.12. The van der Waals surface area contributed by atoms with Gasteiger partial charge in [0.1, 0.15) is 10.6 Å². The van der Waals surface area contributed by atoms with Gasteiger partial charge in [0, 0.05) is 11.6 Å². The second-order valence-electron chi connectivity index (χ2n) is 6.44. The van der Waals surface area contributed by atoms with Crippen molar-refractivity contribution in [2.75, 3.05) is 4.72 Å². The lowest BCUT2D eigenvalue weighted by atomic mass is 10.2. The number of nitrogens with two attached hydrogens (primary N) is 1. The van der Waals surface area contributed by atoms with Crippen LogP contribution >= 0.6 is 0 Å². The SMILES string of the molecule is NC(=O)c1cccc(Oc2ccc(NS(=O)(=O)c3cnn(-c4ccccc4)c3)cn2)c1. The molecule has 2 aromatic heterocycles. The molecule has 3 N–H and O–H groups in total. The van der Waals surface area contributed by atoms with Crippen LogP contribution in [0.15, 0.2) is 90.2 Å². The Bertz CT molecular complexity index is 1320. The number of aromatic nitrogens is 3. The summed E-state index contributed by atoms with van der Waals surface area (Å²) >= 11 is 0. The van der Waals surface area contributed by atoms with Crippen LogP contribution in [0.1, 0.15) is 10.4 Å². The first-order valence-electron chi connectivity index (χ1n) is 9.07. The summed E-state index contributed by atoms with van der Waals surface area (Å²) in [5, 5.41) is 4.10. The molecular weight excluding hydrogens is 418 g/mol. The van der Waals surface area contributed by atoms with E-state index >= 15 is 0 Å². The Morgan fingerprint density at radius 3 is 2.52 bits per heavy atom. The van der Waals surface area contributed by atoms with Gasteiger partial charge in [-0.3, -0.25) is 9.52 Å². The van der Waals surface area contributed by atoms with Gasteiger partial charge in [0.15, 0.2) is 0 Å². The number of benzene rings is 2. The zero-order chi connectivity index (χ0) is 21.8. The number of hydrogen-bond acceptors (Lipinski definition) is 6. The number of para-hydroxylation sites is 1. The zero-order valence-electron chi connectivity index (χ0n) is 16.0. The Kier molecular flexibility index (Phi) is 5.37. The molecule has 156 valence electrons. The van der Waals surface area contributed by atoms with Crippen LogP contribution in [-0.2, 0) is 10.0 Å². The highest BCUT2D eigenvalue weighted by Gasteiger charge is 2.17. The molecule has 9 nitrogen and oxygen atoms in total. The van der Waals surface area contributed by atoms with Gasteiger partial charge in [-0.2, -0.15) is 5.10 Å². The number of hydrogen-bond donors (Lipinski definition) is 2. The van der Waals surface area contributed by atoms with Crippen molar-refractivity contribution in [2.45, 2.75) is 4.90 Å². The minimum absolute atomic E-state index is 0.0138. The quantitative estimate of drug-likeness (QED) is 0.459. The van der Waals surface area contributed by atoms with Gasteiger partial charge in [-0.05, 0) is 36.4 Å². The molecule has 0 aliphatic rings. The van der Waals surface area contributed by atoms with E-state index in [9.17, 15) is 13.2 Å². The molecule has 4 rings (SSSR count). The molecule has 0 radical (unpaired) electrons. The number of carbonyl (C=O) groups is 1. The molecule has 10 heteroatoms. The fourth-order valence-corrected chi connectivity index (χ4v) is 3.69. The average Bonchev–Trinajstić information content (AvgIpc) is 3.27. The third-order valence-electron chi connectivity index (χ3n) is 4.22. The van der Waals surface area contributed by atoms with Crippen molar-refractivity contribution in [3.63, 3.8) is 0 Å². The molecule has 0 unspecified atom stereocenters. The number of sulfonamides is 1. The number of carbonyl (C=O) groups excluding carboxylic acids is 1. The Morgan fingerprint density at radius 2 is 1.81 bits per heavy atom. The van der Waals surface area contributed by atoms with Crippen LogP contribution in [0, 0.1) is 0 Å². The number of primary amides is 1. The van der Waals surface area contributed by atoms with Crippen molar-refractivity contribution < 1.29 is 17.9 Å². The van der Waals surface area contributed by atoms with E-state index in [0.717, 1.165) is 5.69 Å². The minimum Gasteiger partial charge on any atom is -0.439 e. The number of nitrogens with zero attached hydrogens (tertiary/aromatic N) is 3. The topological polar surface area (TPSA) is 129 Å². The van der Waals surface area contributed by atoms with E-state index in [4.69, 9.17) is 10.5 Å². The van der Waals surface area contributed by atoms with E-state index in [-0.39, 0.29) is 16.5 Å². The van der Waals surface area contributed by atoms with Gasteiger partial charge >= 0.3 is 0 Å². The van der Waals surface area contributed by atoms with Crippen LogP contribution in [-0.4, -0.2) is 29.1 Å². The predicted octanol–water partition coefficient (Wildman–Crippen LogP) is 2.96.